The van der Waals surface area contributed by atoms with Gasteiger partial charge in [0.1, 0.15) is 6.61 Å². The van der Waals surface area contributed by atoms with Crippen molar-refractivity contribution in [3.8, 4) is 11.5 Å². The molecule has 0 heterocycles. The number of nitrogens with zero attached hydrogens (tertiary/aromatic N) is 1. The highest BCUT2D eigenvalue weighted by atomic mass is 16.5. The molecular weight excluding hydrogens is 376 g/mol. The molecule has 156 valence electrons. The van der Waals surface area contributed by atoms with E-state index in [2.05, 4.69) is 5.32 Å². The lowest BCUT2D eigenvalue weighted by atomic mass is 10.1. The number of carbonyl (C=O) groups excluding carboxylic acids is 1. The first kappa shape index (κ1) is 21.4. The van der Waals surface area contributed by atoms with Crippen LogP contribution in [0.2, 0.25) is 0 Å². The van der Waals surface area contributed by atoms with Gasteiger partial charge in [-0.1, -0.05) is 54.6 Å². The highest BCUT2D eigenvalue weighted by molar-refractivity contribution is 5.94. The Hall–Kier alpha value is -3.31. The molecule has 0 bridgehead atoms. The predicted octanol–water partition coefficient (Wildman–Crippen LogP) is 4.73. The predicted molar refractivity (Wildman–Crippen MR) is 120 cm³/mol. The quantitative estimate of drug-likeness (QED) is 0.560. The van der Waals surface area contributed by atoms with E-state index in [1.165, 1.54) is 0 Å². The molecule has 0 spiro atoms. The Morgan fingerprint density at radius 2 is 1.60 bits per heavy atom. The van der Waals surface area contributed by atoms with Crippen LogP contribution in [0.3, 0.4) is 0 Å². The lowest BCUT2D eigenvalue weighted by Crippen LogP contribution is -2.39. The van der Waals surface area contributed by atoms with Crippen LogP contribution in [0.4, 0.5) is 5.69 Å². The summed E-state index contributed by atoms with van der Waals surface area (Å²) in [5, 5.41) is 2.95. The van der Waals surface area contributed by atoms with E-state index in [-0.39, 0.29) is 11.9 Å². The molecule has 5 nitrogen and oxygen atoms in total. The maximum Gasteiger partial charge on any atom is 0.241 e. The summed E-state index contributed by atoms with van der Waals surface area (Å²) in [5.41, 5.74) is 2.94. The van der Waals surface area contributed by atoms with Crippen LogP contribution in [-0.2, 0) is 17.9 Å². The van der Waals surface area contributed by atoms with E-state index in [1.807, 2.05) is 97.7 Å². The van der Waals surface area contributed by atoms with Crippen LogP contribution in [-0.4, -0.2) is 31.0 Å². The van der Waals surface area contributed by atoms with Crippen LogP contribution in [0, 0.1) is 0 Å². The number of nitrogens with one attached hydrogen (secondary N) is 1. The zero-order chi connectivity index (χ0) is 21.3. The highest BCUT2D eigenvalue weighted by Gasteiger charge is 2.19. The molecule has 0 unspecified atom stereocenters. The van der Waals surface area contributed by atoms with Crippen molar-refractivity contribution in [1.82, 2.24) is 4.90 Å². The largest absolute Gasteiger partial charge is 0.493 e. The maximum absolute atomic E-state index is 12.5. The van der Waals surface area contributed by atoms with Crippen molar-refractivity contribution in [2.75, 3.05) is 19.5 Å². The summed E-state index contributed by atoms with van der Waals surface area (Å²) in [6.07, 6.45) is 0. The molecule has 0 radical (unpaired) electrons. The number of rotatable bonds is 9. The smallest absolute Gasteiger partial charge is 0.241 e. The molecule has 3 aromatic carbocycles. The Labute approximate surface area is 178 Å². The molecule has 0 saturated heterocycles. The van der Waals surface area contributed by atoms with Crippen molar-refractivity contribution < 1.29 is 14.3 Å². The number of carbonyl (C=O) groups is 1. The van der Waals surface area contributed by atoms with Gasteiger partial charge in [-0.15, -0.1) is 0 Å². The fourth-order valence-electron chi connectivity index (χ4n) is 3.06. The minimum Gasteiger partial charge on any atom is -0.493 e. The van der Waals surface area contributed by atoms with Gasteiger partial charge in [-0.25, -0.2) is 0 Å². The van der Waals surface area contributed by atoms with E-state index in [9.17, 15) is 4.79 Å². The van der Waals surface area contributed by atoms with Gasteiger partial charge in [0.25, 0.3) is 0 Å². The van der Waals surface area contributed by atoms with Crippen molar-refractivity contribution in [3.63, 3.8) is 0 Å². The van der Waals surface area contributed by atoms with Gasteiger partial charge in [0.15, 0.2) is 11.5 Å². The van der Waals surface area contributed by atoms with E-state index in [0.717, 1.165) is 16.8 Å². The standard InChI is InChI=1S/C25H28N2O3/c1-19(25(28)26-22-12-8-5-9-13-22)27(2)17-21-14-15-23(24(16-21)29-3)30-18-20-10-6-4-7-11-20/h4-16,19H,17-18H2,1-3H3,(H,26,28)/t19-/m1/s1. The molecule has 0 aliphatic carbocycles. The average molecular weight is 405 g/mol. The second kappa shape index (κ2) is 10.5. The number of benzene rings is 3. The van der Waals surface area contributed by atoms with Crippen LogP contribution in [0.25, 0.3) is 0 Å². The van der Waals surface area contributed by atoms with Gasteiger partial charge in [0.05, 0.1) is 13.2 Å². The van der Waals surface area contributed by atoms with Gasteiger partial charge in [-0.05, 0) is 49.4 Å². The van der Waals surface area contributed by atoms with E-state index < -0.39 is 0 Å². The molecule has 1 N–H and O–H groups in total. The Morgan fingerprint density at radius 3 is 2.27 bits per heavy atom. The number of amides is 1. The highest BCUT2D eigenvalue weighted by Crippen LogP contribution is 2.29. The fraction of sp³-hybridized carbons (Fsp3) is 0.240. The first-order chi connectivity index (χ1) is 14.6. The minimum absolute atomic E-state index is 0.0431. The lowest BCUT2D eigenvalue weighted by molar-refractivity contribution is -0.120. The number of hydrogen-bond donors (Lipinski definition) is 1. The topological polar surface area (TPSA) is 50.8 Å². The van der Waals surface area contributed by atoms with Gasteiger partial charge in [-0.3, -0.25) is 9.69 Å². The second-order valence-electron chi connectivity index (χ2n) is 7.21. The Kier molecular flexibility index (Phi) is 7.46. The van der Waals surface area contributed by atoms with E-state index in [0.29, 0.717) is 24.7 Å². The normalized spacial score (nSPS) is 11.7. The van der Waals surface area contributed by atoms with Gasteiger partial charge < -0.3 is 14.8 Å². The van der Waals surface area contributed by atoms with Gasteiger partial charge in [0, 0.05) is 12.2 Å². The molecule has 0 aliphatic rings. The van der Waals surface area contributed by atoms with Crippen LogP contribution < -0.4 is 14.8 Å². The summed E-state index contributed by atoms with van der Waals surface area (Å²) in [4.78, 5) is 14.5. The second-order valence-corrected chi connectivity index (χ2v) is 7.21. The summed E-state index contributed by atoms with van der Waals surface area (Å²) >= 11 is 0. The third-order valence-corrected chi connectivity index (χ3v) is 4.98. The van der Waals surface area contributed by atoms with Crippen LogP contribution in [0.5, 0.6) is 11.5 Å². The van der Waals surface area contributed by atoms with Crippen molar-refractivity contribution >= 4 is 11.6 Å². The Bertz CT molecular complexity index is 945. The minimum atomic E-state index is -0.287. The van der Waals surface area contributed by atoms with Crippen LogP contribution >= 0.6 is 0 Å². The number of methoxy groups -OCH3 is 1. The summed E-state index contributed by atoms with van der Waals surface area (Å²) in [7, 11) is 3.57. The van der Waals surface area contributed by atoms with E-state index >= 15 is 0 Å². The zero-order valence-electron chi connectivity index (χ0n) is 17.7. The first-order valence-electron chi connectivity index (χ1n) is 9.96. The number of ether oxygens (including phenoxy) is 2. The maximum atomic E-state index is 12.5. The number of likely N-dealkylation sites (N-methyl/N-ethyl adjacent to an activating group) is 1. The third kappa shape index (κ3) is 5.84. The molecule has 0 aromatic heterocycles. The van der Waals surface area contributed by atoms with Gasteiger partial charge in [-0.2, -0.15) is 0 Å². The summed E-state index contributed by atoms with van der Waals surface area (Å²) in [5.74, 6) is 1.33. The molecule has 1 amide bonds. The lowest BCUT2D eigenvalue weighted by Gasteiger charge is -2.24. The van der Waals surface area contributed by atoms with Crippen molar-refractivity contribution in [2.45, 2.75) is 26.1 Å². The van der Waals surface area contributed by atoms with Crippen molar-refractivity contribution in [1.29, 1.82) is 0 Å². The third-order valence-electron chi connectivity index (χ3n) is 4.98. The molecular formula is C25H28N2O3. The molecule has 0 fully saturated rings. The molecule has 3 aromatic rings. The Balaban J connectivity index is 1.60. The monoisotopic (exact) mass is 404 g/mol. The van der Waals surface area contributed by atoms with E-state index in [4.69, 9.17) is 9.47 Å². The number of anilines is 1. The SMILES string of the molecule is COc1cc(CN(C)[C@H](C)C(=O)Nc2ccccc2)ccc1OCc1ccccc1. The molecule has 3 rings (SSSR count). The van der Waals surface area contributed by atoms with Crippen LogP contribution in [0.15, 0.2) is 78.9 Å². The Morgan fingerprint density at radius 1 is 0.933 bits per heavy atom. The number of hydrogen-bond acceptors (Lipinski definition) is 4. The first-order valence-corrected chi connectivity index (χ1v) is 9.96. The fourth-order valence-corrected chi connectivity index (χ4v) is 3.06. The molecule has 30 heavy (non-hydrogen) atoms. The molecule has 1 atom stereocenters. The van der Waals surface area contributed by atoms with Crippen molar-refractivity contribution in [2.24, 2.45) is 0 Å². The number of para-hydroxylation sites is 1. The summed E-state index contributed by atoms with van der Waals surface area (Å²) in [6.45, 7) is 2.98. The summed E-state index contributed by atoms with van der Waals surface area (Å²) < 4.78 is 11.4. The average Bonchev–Trinajstić information content (AvgIpc) is 2.78. The molecule has 5 heteroatoms. The van der Waals surface area contributed by atoms with Gasteiger partial charge >= 0.3 is 0 Å². The van der Waals surface area contributed by atoms with Crippen LogP contribution in [0.1, 0.15) is 18.1 Å². The van der Waals surface area contributed by atoms with Crippen molar-refractivity contribution in [3.05, 3.63) is 90.0 Å². The molecule has 0 saturated carbocycles. The molecule has 0 aliphatic heterocycles. The zero-order valence-corrected chi connectivity index (χ0v) is 17.7. The summed E-state index contributed by atoms with van der Waals surface area (Å²) in [6, 6.07) is 25.1. The van der Waals surface area contributed by atoms with E-state index in [1.54, 1.807) is 7.11 Å². The van der Waals surface area contributed by atoms with Gasteiger partial charge in [0.2, 0.25) is 5.91 Å².